The van der Waals surface area contributed by atoms with Crippen LogP contribution >= 0.6 is 0 Å². The maximum atomic E-state index is 13.0. The number of aromatic nitrogens is 2. The summed E-state index contributed by atoms with van der Waals surface area (Å²) in [6.45, 7) is 2.40. The molecule has 9 heteroatoms. The Labute approximate surface area is 146 Å². The van der Waals surface area contributed by atoms with Crippen LogP contribution in [-0.4, -0.2) is 66.6 Å². The van der Waals surface area contributed by atoms with E-state index < -0.39 is 10.2 Å². The van der Waals surface area contributed by atoms with E-state index in [9.17, 15) is 8.42 Å². The van der Waals surface area contributed by atoms with Gasteiger partial charge in [0.25, 0.3) is 10.2 Å². The highest BCUT2D eigenvalue weighted by Crippen LogP contribution is 2.39. The van der Waals surface area contributed by atoms with Gasteiger partial charge in [-0.25, -0.2) is 0 Å². The Hall–Kier alpha value is -1.81. The second kappa shape index (κ2) is 6.83. The van der Waals surface area contributed by atoms with E-state index in [4.69, 9.17) is 9.26 Å². The molecule has 2 aliphatic heterocycles. The molecule has 0 spiro atoms. The van der Waals surface area contributed by atoms with Gasteiger partial charge in [-0.15, -0.1) is 0 Å². The van der Waals surface area contributed by atoms with Gasteiger partial charge in [-0.3, -0.25) is 0 Å². The Balaban J connectivity index is 1.63. The van der Waals surface area contributed by atoms with E-state index in [0.717, 1.165) is 5.56 Å². The molecule has 0 radical (unpaired) electrons. The molecule has 134 valence electrons. The molecular formula is C16H20N4O4S. The van der Waals surface area contributed by atoms with Crippen LogP contribution in [0.25, 0.3) is 0 Å². The zero-order valence-corrected chi connectivity index (χ0v) is 14.5. The zero-order chi connectivity index (χ0) is 17.3. The third-order valence-corrected chi connectivity index (χ3v) is 6.82. The number of benzene rings is 1. The maximum absolute atomic E-state index is 13.0. The van der Waals surface area contributed by atoms with Gasteiger partial charge in [0.05, 0.1) is 13.2 Å². The molecule has 2 saturated heterocycles. The minimum absolute atomic E-state index is 0.00499. The van der Waals surface area contributed by atoms with E-state index in [-0.39, 0.29) is 11.8 Å². The van der Waals surface area contributed by atoms with Gasteiger partial charge in [-0.1, -0.05) is 35.5 Å². The van der Waals surface area contributed by atoms with Crippen LogP contribution in [0.4, 0.5) is 0 Å². The lowest BCUT2D eigenvalue weighted by atomic mass is 9.88. The SMILES string of the molecule is O=S(=O)(N1CCOCC1)N1C[C@H](c2ccccc2)[C@@H](c2ncon2)C1. The summed E-state index contributed by atoms with van der Waals surface area (Å²) in [6, 6.07) is 9.90. The number of nitrogens with zero attached hydrogens (tertiary/aromatic N) is 4. The van der Waals surface area contributed by atoms with Crippen LogP contribution < -0.4 is 0 Å². The first kappa shape index (κ1) is 16.6. The lowest BCUT2D eigenvalue weighted by Gasteiger charge is -2.30. The Morgan fingerprint density at radius 1 is 1.00 bits per heavy atom. The van der Waals surface area contributed by atoms with Gasteiger partial charge in [0, 0.05) is 38.0 Å². The first-order valence-electron chi connectivity index (χ1n) is 8.30. The fraction of sp³-hybridized carbons (Fsp3) is 0.500. The van der Waals surface area contributed by atoms with Crippen LogP contribution in [0.1, 0.15) is 23.2 Å². The second-order valence-electron chi connectivity index (χ2n) is 6.25. The van der Waals surface area contributed by atoms with E-state index in [0.29, 0.717) is 45.2 Å². The van der Waals surface area contributed by atoms with Crippen molar-refractivity contribution in [3.63, 3.8) is 0 Å². The lowest BCUT2D eigenvalue weighted by Crippen LogP contribution is -2.47. The van der Waals surface area contributed by atoms with Crippen molar-refractivity contribution < 1.29 is 17.7 Å². The third kappa shape index (κ3) is 3.20. The summed E-state index contributed by atoms with van der Waals surface area (Å²) in [4.78, 5) is 4.17. The van der Waals surface area contributed by atoms with Crippen LogP contribution in [0.15, 0.2) is 41.2 Å². The van der Waals surface area contributed by atoms with Crippen LogP contribution in [0.5, 0.6) is 0 Å². The van der Waals surface area contributed by atoms with E-state index in [1.54, 1.807) is 0 Å². The molecule has 0 aliphatic carbocycles. The van der Waals surface area contributed by atoms with Crippen molar-refractivity contribution in [2.75, 3.05) is 39.4 Å². The minimum atomic E-state index is -3.53. The van der Waals surface area contributed by atoms with Crippen molar-refractivity contribution in [2.45, 2.75) is 11.8 Å². The summed E-state index contributed by atoms with van der Waals surface area (Å²) in [5.74, 6) is 0.417. The predicted octanol–water partition coefficient (Wildman–Crippen LogP) is 0.830. The molecule has 0 bridgehead atoms. The summed E-state index contributed by atoms with van der Waals surface area (Å²) in [7, 11) is -3.53. The van der Waals surface area contributed by atoms with Gasteiger partial charge in [-0.2, -0.15) is 22.0 Å². The highest BCUT2D eigenvalue weighted by molar-refractivity contribution is 7.86. The van der Waals surface area contributed by atoms with Crippen molar-refractivity contribution in [3.8, 4) is 0 Å². The van der Waals surface area contributed by atoms with E-state index >= 15 is 0 Å². The summed E-state index contributed by atoms with van der Waals surface area (Å²) in [6.07, 6.45) is 1.29. The quantitative estimate of drug-likeness (QED) is 0.798. The van der Waals surface area contributed by atoms with Crippen molar-refractivity contribution >= 4 is 10.2 Å². The highest BCUT2D eigenvalue weighted by Gasteiger charge is 2.44. The summed E-state index contributed by atoms with van der Waals surface area (Å²) >= 11 is 0. The number of rotatable bonds is 4. The van der Waals surface area contributed by atoms with Crippen molar-refractivity contribution in [2.24, 2.45) is 0 Å². The van der Waals surface area contributed by atoms with Crippen LogP contribution in [0.3, 0.4) is 0 Å². The van der Waals surface area contributed by atoms with Gasteiger partial charge < -0.3 is 9.26 Å². The average molecular weight is 364 g/mol. The van der Waals surface area contributed by atoms with E-state index in [2.05, 4.69) is 10.1 Å². The zero-order valence-electron chi connectivity index (χ0n) is 13.7. The van der Waals surface area contributed by atoms with Crippen molar-refractivity contribution in [1.82, 2.24) is 18.8 Å². The molecule has 0 saturated carbocycles. The highest BCUT2D eigenvalue weighted by atomic mass is 32.2. The number of morpholine rings is 1. The Morgan fingerprint density at radius 3 is 2.40 bits per heavy atom. The number of ether oxygens (including phenoxy) is 1. The van der Waals surface area contributed by atoms with Crippen LogP contribution in [0, 0.1) is 0 Å². The normalized spacial score (nSPS) is 26.1. The molecule has 25 heavy (non-hydrogen) atoms. The summed E-state index contributed by atoms with van der Waals surface area (Å²) in [5, 5.41) is 3.96. The molecule has 0 amide bonds. The molecular weight excluding hydrogens is 344 g/mol. The van der Waals surface area contributed by atoms with Crippen LogP contribution in [0.2, 0.25) is 0 Å². The Bertz CT molecular complexity index is 791. The summed E-state index contributed by atoms with van der Waals surface area (Å²) < 4.78 is 39.2. The standard InChI is InChI=1S/C16H20N4O4S/c21-25(22,19-6-8-23-9-7-19)20-10-14(13-4-2-1-3-5-13)15(11-20)16-17-12-24-18-16/h1-5,12,14-15H,6-11H2/t14-,15+/m1/s1. The molecule has 2 aromatic rings. The fourth-order valence-corrected chi connectivity index (χ4v) is 5.17. The molecule has 2 fully saturated rings. The van der Waals surface area contributed by atoms with Gasteiger partial charge in [0.2, 0.25) is 6.39 Å². The van der Waals surface area contributed by atoms with Crippen molar-refractivity contribution in [1.29, 1.82) is 0 Å². The van der Waals surface area contributed by atoms with Gasteiger partial charge in [0.15, 0.2) is 5.82 Å². The molecule has 2 atom stereocenters. The number of hydrogen-bond acceptors (Lipinski definition) is 6. The van der Waals surface area contributed by atoms with Gasteiger partial charge in [0.1, 0.15) is 0 Å². The van der Waals surface area contributed by atoms with Crippen LogP contribution in [-0.2, 0) is 14.9 Å². The fourth-order valence-electron chi connectivity index (χ4n) is 3.54. The predicted molar refractivity (Wildman–Crippen MR) is 89.1 cm³/mol. The largest absolute Gasteiger partial charge is 0.379 e. The van der Waals surface area contributed by atoms with Crippen molar-refractivity contribution in [3.05, 3.63) is 48.1 Å². The van der Waals surface area contributed by atoms with E-state index in [1.165, 1.54) is 15.0 Å². The second-order valence-corrected chi connectivity index (χ2v) is 8.18. The molecule has 2 aliphatic rings. The molecule has 4 rings (SSSR count). The minimum Gasteiger partial charge on any atom is -0.379 e. The third-order valence-electron chi connectivity index (χ3n) is 4.85. The molecule has 1 aromatic heterocycles. The molecule has 0 N–H and O–H groups in total. The smallest absolute Gasteiger partial charge is 0.282 e. The maximum Gasteiger partial charge on any atom is 0.282 e. The van der Waals surface area contributed by atoms with E-state index in [1.807, 2.05) is 30.3 Å². The summed E-state index contributed by atoms with van der Waals surface area (Å²) in [5.41, 5.74) is 1.08. The number of hydrogen-bond donors (Lipinski definition) is 0. The average Bonchev–Trinajstić information content (AvgIpc) is 3.33. The topological polar surface area (TPSA) is 88.8 Å². The van der Waals surface area contributed by atoms with Gasteiger partial charge in [-0.05, 0) is 5.56 Å². The van der Waals surface area contributed by atoms with Gasteiger partial charge >= 0.3 is 0 Å². The first-order valence-corrected chi connectivity index (χ1v) is 9.70. The first-order chi connectivity index (χ1) is 12.2. The molecule has 1 aromatic carbocycles. The monoisotopic (exact) mass is 364 g/mol. The molecule has 8 nitrogen and oxygen atoms in total. The Kier molecular flexibility index (Phi) is 4.55. The Morgan fingerprint density at radius 2 is 1.72 bits per heavy atom. The lowest BCUT2D eigenvalue weighted by molar-refractivity contribution is 0.0705. The molecule has 3 heterocycles. The molecule has 0 unspecified atom stereocenters.